The highest BCUT2D eigenvalue weighted by Crippen LogP contribution is 2.15. The average Bonchev–Trinajstić information content (AvgIpc) is 1.30. The van der Waals surface area contributed by atoms with E-state index in [2.05, 4.69) is 0 Å². The highest BCUT2D eigenvalue weighted by atomic mass is 32.2. The molecule has 0 aromatic rings. The van der Waals surface area contributed by atoms with Gasteiger partial charge < -0.3 is 10.2 Å². The predicted molar refractivity (Wildman–Crippen MR) is 31.0 cm³/mol. The molecule has 0 aliphatic heterocycles. The molecule has 0 aromatic carbocycles. The zero-order valence-corrected chi connectivity index (χ0v) is 5.33. The predicted octanol–water partition coefficient (Wildman–Crippen LogP) is 0.398. The quantitative estimate of drug-likeness (QED) is 0.521. The summed E-state index contributed by atoms with van der Waals surface area (Å²) in [5.74, 6) is 0.726. The minimum absolute atomic E-state index is 0.726. The Hall–Kier alpha value is 0.270. The molecule has 0 bridgehead atoms. The van der Waals surface area contributed by atoms with E-state index < -0.39 is 5.12 Å². The summed E-state index contributed by atoms with van der Waals surface area (Å²) < 4.78 is 0. The molecule has 0 unspecified atom stereocenters. The standard InChI is InChI=1S/C4H10O2S/c1-3-7-4(2,5)6/h5-6H,3H2,1-2H3. The van der Waals surface area contributed by atoms with Crippen molar-refractivity contribution in [1.29, 1.82) is 0 Å². The summed E-state index contributed by atoms with van der Waals surface area (Å²) in [6.07, 6.45) is 0. The Morgan fingerprint density at radius 2 is 2.00 bits per heavy atom. The maximum Gasteiger partial charge on any atom is 0.210 e. The summed E-state index contributed by atoms with van der Waals surface area (Å²) in [6, 6.07) is 0. The zero-order chi connectivity index (χ0) is 5.91. The van der Waals surface area contributed by atoms with Crippen LogP contribution in [0, 0.1) is 0 Å². The Bertz CT molecular complexity index is 48.1. The van der Waals surface area contributed by atoms with Gasteiger partial charge in [-0.05, 0) is 12.7 Å². The monoisotopic (exact) mass is 122 g/mol. The van der Waals surface area contributed by atoms with E-state index in [1.807, 2.05) is 6.92 Å². The maximum absolute atomic E-state index is 8.54. The van der Waals surface area contributed by atoms with Crippen molar-refractivity contribution in [2.24, 2.45) is 0 Å². The van der Waals surface area contributed by atoms with Gasteiger partial charge in [-0.1, -0.05) is 18.7 Å². The Morgan fingerprint density at radius 1 is 1.57 bits per heavy atom. The minimum atomic E-state index is -1.53. The van der Waals surface area contributed by atoms with Crippen molar-refractivity contribution in [3.8, 4) is 0 Å². The van der Waals surface area contributed by atoms with Gasteiger partial charge in [0, 0.05) is 0 Å². The van der Waals surface area contributed by atoms with Gasteiger partial charge in [0.15, 0.2) is 0 Å². The molecule has 2 nitrogen and oxygen atoms in total. The van der Waals surface area contributed by atoms with Gasteiger partial charge in [-0.25, -0.2) is 0 Å². The van der Waals surface area contributed by atoms with Crippen LogP contribution in [-0.4, -0.2) is 21.1 Å². The van der Waals surface area contributed by atoms with Crippen LogP contribution in [0.15, 0.2) is 0 Å². The second-order valence-electron chi connectivity index (χ2n) is 1.37. The van der Waals surface area contributed by atoms with E-state index in [0.29, 0.717) is 0 Å². The van der Waals surface area contributed by atoms with Crippen LogP contribution < -0.4 is 0 Å². The summed E-state index contributed by atoms with van der Waals surface area (Å²) in [5.41, 5.74) is 0. The van der Waals surface area contributed by atoms with Gasteiger partial charge >= 0.3 is 0 Å². The number of rotatable bonds is 2. The lowest BCUT2D eigenvalue weighted by atomic mass is 10.8. The van der Waals surface area contributed by atoms with Gasteiger partial charge in [0.05, 0.1) is 0 Å². The van der Waals surface area contributed by atoms with E-state index in [1.165, 1.54) is 6.92 Å². The fourth-order valence-electron chi connectivity index (χ4n) is 0.273. The molecule has 3 heteroatoms. The van der Waals surface area contributed by atoms with Crippen LogP contribution in [0.4, 0.5) is 0 Å². The second kappa shape index (κ2) is 2.55. The van der Waals surface area contributed by atoms with E-state index in [9.17, 15) is 0 Å². The van der Waals surface area contributed by atoms with Crippen LogP contribution >= 0.6 is 11.8 Å². The fourth-order valence-corrected chi connectivity index (χ4v) is 0.820. The van der Waals surface area contributed by atoms with Crippen molar-refractivity contribution in [3.05, 3.63) is 0 Å². The second-order valence-corrected chi connectivity index (χ2v) is 3.01. The first-order valence-electron chi connectivity index (χ1n) is 2.15. The number of thioether (sulfide) groups is 1. The van der Waals surface area contributed by atoms with Crippen LogP contribution in [0.1, 0.15) is 13.8 Å². The van der Waals surface area contributed by atoms with Crippen molar-refractivity contribution >= 4 is 11.8 Å². The lowest BCUT2D eigenvalue weighted by Gasteiger charge is -2.11. The van der Waals surface area contributed by atoms with E-state index in [0.717, 1.165) is 17.5 Å². The molecular formula is C4H10O2S. The van der Waals surface area contributed by atoms with E-state index in [4.69, 9.17) is 10.2 Å². The van der Waals surface area contributed by atoms with Crippen LogP contribution in [0.3, 0.4) is 0 Å². The average molecular weight is 122 g/mol. The molecule has 0 amide bonds. The van der Waals surface area contributed by atoms with Gasteiger partial charge in [0.1, 0.15) is 0 Å². The lowest BCUT2D eigenvalue weighted by molar-refractivity contribution is -0.0588. The van der Waals surface area contributed by atoms with Gasteiger partial charge in [-0.2, -0.15) is 0 Å². The molecule has 44 valence electrons. The maximum atomic E-state index is 8.54. The Labute approximate surface area is 47.5 Å². The third-order valence-corrected chi connectivity index (χ3v) is 1.25. The third-order valence-electron chi connectivity index (χ3n) is 0.418. The minimum Gasteiger partial charge on any atom is -0.357 e. The molecule has 0 fully saturated rings. The normalized spacial score (nSPS) is 12.0. The van der Waals surface area contributed by atoms with Crippen LogP contribution in [-0.2, 0) is 0 Å². The van der Waals surface area contributed by atoms with E-state index >= 15 is 0 Å². The molecule has 0 aromatic heterocycles. The topological polar surface area (TPSA) is 40.5 Å². The highest BCUT2D eigenvalue weighted by molar-refractivity contribution is 8.00. The van der Waals surface area contributed by atoms with E-state index in [1.54, 1.807) is 0 Å². The number of hydrogen-bond acceptors (Lipinski definition) is 3. The molecule has 0 radical (unpaired) electrons. The zero-order valence-electron chi connectivity index (χ0n) is 4.51. The van der Waals surface area contributed by atoms with Gasteiger partial charge in [-0.15, -0.1) is 0 Å². The molecule has 2 N–H and O–H groups in total. The molecule has 0 aliphatic rings. The summed E-state index contributed by atoms with van der Waals surface area (Å²) in [6.45, 7) is 3.22. The fraction of sp³-hybridized carbons (Fsp3) is 1.00. The van der Waals surface area contributed by atoms with Crippen molar-refractivity contribution in [3.63, 3.8) is 0 Å². The number of hydrogen-bond donors (Lipinski definition) is 2. The lowest BCUT2D eigenvalue weighted by Crippen LogP contribution is -2.16. The van der Waals surface area contributed by atoms with E-state index in [-0.39, 0.29) is 0 Å². The highest BCUT2D eigenvalue weighted by Gasteiger charge is 2.12. The Morgan fingerprint density at radius 3 is 2.00 bits per heavy atom. The van der Waals surface area contributed by atoms with Crippen molar-refractivity contribution in [1.82, 2.24) is 0 Å². The summed E-state index contributed by atoms with van der Waals surface area (Å²) >= 11 is 1.10. The number of aliphatic hydroxyl groups is 2. The molecule has 0 saturated carbocycles. The molecule has 0 spiro atoms. The van der Waals surface area contributed by atoms with Crippen molar-refractivity contribution in [2.45, 2.75) is 19.0 Å². The Kier molecular flexibility index (Phi) is 2.64. The molecule has 7 heavy (non-hydrogen) atoms. The van der Waals surface area contributed by atoms with Gasteiger partial charge in [0.2, 0.25) is 5.12 Å². The Balaban J connectivity index is 3.15. The van der Waals surface area contributed by atoms with Crippen LogP contribution in [0.2, 0.25) is 0 Å². The van der Waals surface area contributed by atoms with Crippen molar-refractivity contribution in [2.75, 3.05) is 5.75 Å². The van der Waals surface area contributed by atoms with Gasteiger partial charge in [0.25, 0.3) is 0 Å². The van der Waals surface area contributed by atoms with Gasteiger partial charge in [-0.3, -0.25) is 0 Å². The smallest absolute Gasteiger partial charge is 0.210 e. The third kappa shape index (κ3) is 6.27. The largest absolute Gasteiger partial charge is 0.357 e. The molecule has 0 aliphatic carbocycles. The summed E-state index contributed by atoms with van der Waals surface area (Å²) in [5, 5.41) is 15.5. The van der Waals surface area contributed by atoms with Crippen LogP contribution in [0.5, 0.6) is 0 Å². The van der Waals surface area contributed by atoms with Crippen LogP contribution in [0.25, 0.3) is 0 Å². The SMILES string of the molecule is CCSC(C)(O)O. The first kappa shape index (κ1) is 7.27. The first-order chi connectivity index (χ1) is 3.06. The molecule has 0 saturated heterocycles. The molecular weight excluding hydrogens is 112 g/mol. The summed E-state index contributed by atoms with van der Waals surface area (Å²) in [7, 11) is 0. The summed E-state index contributed by atoms with van der Waals surface area (Å²) in [4.78, 5) is 0. The molecule has 0 rings (SSSR count). The van der Waals surface area contributed by atoms with Crippen molar-refractivity contribution < 1.29 is 10.2 Å². The molecule has 0 heterocycles. The molecule has 0 atom stereocenters. The first-order valence-corrected chi connectivity index (χ1v) is 3.13.